The molecule has 2 heterocycles. The van der Waals surface area contributed by atoms with Crippen LogP contribution in [0, 0.1) is 13.8 Å². The van der Waals surface area contributed by atoms with Crippen molar-refractivity contribution in [3.8, 4) is 0 Å². The van der Waals surface area contributed by atoms with Gasteiger partial charge in [-0.15, -0.1) is 0 Å². The van der Waals surface area contributed by atoms with Crippen LogP contribution < -0.4 is 5.32 Å². The third-order valence-corrected chi connectivity index (χ3v) is 4.81. The molecule has 0 saturated heterocycles. The van der Waals surface area contributed by atoms with Crippen LogP contribution in [0.15, 0.2) is 24.3 Å². The average Bonchev–Trinajstić information content (AvgIpc) is 2.92. The van der Waals surface area contributed by atoms with Crippen LogP contribution in [-0.2, 0) is 32.6 Å². The Bertz CT molecular complexity index is 995. The number of carbonyl (C=O) groups excluding carboxylic acids is 4. The smallest absolute Gasteiger partial charge is 0.308 e. The summed E-state index contributed by atoms with van der Waals surface area (Å²) in [5.41, 5.74) is 3.16. The summed E-state index contributed by atoms with van der Waals surface area (Å²) in [6.07, 6.45) is -0.0684. The number of aryl methyl sites for hydroxylation is 2. The van der Waals surface area contributed by atoms with Gasteiger partial charge in [0.1, 0.15) is 0 Å². The second kappa shape index (κ2) is 8.26. The number of rotatable bonds is 6. The molecule has 1 aliphatic rings. The Morgan fingerprint density at radius 2 is 1.93 bits per heavy atom. The summed E-state index contributed by atoms with van der Waals surface area (Å²) < 4.78 is 6.61. The molecule has 3 rings (SSSR count). The van der Waals surface area contributed by atoms with Gasteiger partial charge in [-0.05, 0) is 25.5 Å². The lowest BCUT2D eigenvalue weighted by atomic mass is 9.98. The fourth-order valence-corrected chi connectivity index (χ4v) is 3.18. The van der Waals surface area contributed by atoms with E-state index in [9.17, 15) is 19.2 Å². The van der Waals surface area contributed by atoms with Crippen molar-refractivity contribution in [3.63, 3.8) is 0 Å². The highest BCUT2D eigenvalue weighted by Gasteiger charge is 2.30. The maximum atomic E-state index is 12.5. The highest BCUT2D eigenvalue weighted by molar-refractivity contribution is 6.09. The van der Waals surface area contributed by atoms with Crippen molar-refractivity contribution in [2.45, 2.75) is 26.7 Å². The van der Waals surface area contributed by atoms with E-state index in [0.29, 0.717) is 22.5 Å². The van der Waals surface area contributed by atoms with Crippen LogP contribution in [0.3, 0.4) is 0 Å². The van der Waals surface area contributed by atoms with Crippen molar-refractivity contribution in [2.75, 3.05) is 18.5 Å². The second-order valence-corrected chi connectivity index (χ2v) is 6.81. The van der Waals surface area contributed by atoms with Gasteiger partial charge in [-0.25, -0.2) is 0 Å². The van der Waals surface area contributed by atoms with Gasteiger partial charge in [0, 0.05) is 19.2 Å². The highest BCUT2D eigenvalue weighted by atomic mass is 16.5. The lowest BCUT2D eigenvalue weighted by Crippen LogP contribution is -2.43. The molecule has 9 heteroatoms. The molecular formula is C20H22N4O5. The number of hydrogen-bond acceptors (Lipinski definition) is 6. The van der Waals surface area contributed by atoms with Gasteiger partial charge in [-0.2, -0.15) is 5.10 Å². The summed E-state index contributed by atoms with van der Waals surface area (Å²) in [5.74, 6) is -1.94. The van der Waals surface area contributed by atoms with Gasteiger partial charge in [0.05, 0.1) is 29.9 Å². The summed E-state index contributed by atoms with van der Waals surface area (Å²) in [6.45, 7) is 3.02. The average molecular weight is 398 g/mol. The van der Waals surface area contributed by atoms with E-state index in [4.69, 9.17) is 4.74 Å². The van der Waals surface area contributed by atoms with Gasteiger partial charge >= 0.3 is 5.97 Å². The minimum absolute atomic E-state index is 0.0900. The number of amides is 3. The van der Waals surface area contributed by atoms with Crippen LogP contribution in [0.25, 0.3) is 0 Å². The summed E-state index contributed by atoms with van der Waals surface area (Å²) in [5, 5.41) is 6.86. The first-order chi connectivity index (χ1) is 13.8. The Hall–Kier alpha value is -3.49. The van der Waals surface area contributed by atoms with Gasteiger partial charge in [-0.3, -0.25) is 28.8 Å². The van der Waals surface area contributed by atoms with Gasteiger partial charge in [0.2, 0.25) is 5.91 Å². The van der Waals surface area contributed by atoms with Crippen LogP contribution in [-0.4, -0.2) is 51.5 Å². The van der Waals surface area contributed by atoms with E-state index < -0.39 is 24.4 Å². The van der Waals surface area contributed by atoms with Crippen LogP contribution in [0.1, 0.15) is 33.7 Å². The number of anilines is 1. The van der Waals surface area contributed by atoms with Gasteiger partial charge in [0.25, 0.3) is 11.8 Å². The standard InChI is InChI=1S/C20H22N4O5/c1-12-19(13(2)23(3)22-12)21-16(25)11-29-18(27)8-9-24-17(26)10-14-6-4-5-7-15(14)20(24)28/h4-7H,8-11H2,1-3H3,(H,21,25). The normalized spacial score (nSPS) is 13.3. The number of nitrogens with one attached hydrogen (secondary N) is 1. The topological polar surface area (TPSA) is 111 Å². The van der Waals surface area contributed by atoms with Crippen molar-refractivity contribution in [1.82, 2.24) is 14.7 Å². The summed E-state index contributed by atoms with van der Waals surface area (Å²) >= 11 is 0. The molecule has 0 bridgehead atoms. The minimum atomic E-state index is -0.667. The fourth-order valence-electron chi connectivity index (χ4n) is 3.18. The van der Waals surface area contributed by atoms with Crippen LogP contribution in [0.4, 0.5) is 5.69 Å². The zero-order valence-corrected chi connectivity index (χ0v) is 16.5. The third kappa shape index (κ3) is 4.34. The van der Waals surface area contributed by atoms with E-state index in [1.165, 1.54) is 0 Å². The molecule has 0 atom stereocenters. The Morgan fingerprint density at radius 1 is 1.21 bits per heavy atom. The van der Waals surface area contributed by atoms with Gasteiger partial charge < -0.3 is 10.1 Å². The molecule has 9 nitrogen and oxygen atoms in total. The first-order valence-electron chi connectivity index (χ1n) is 9.16. The van der Waals surface area contributed by atoms with E-state index in [2.05, 4.69) is 10.4 Å². The Balaban J connectivity index is 1.49. The number of ether oxygens (including phenoxy) is 1. The van der Waals surface area contributed by atoms with Crippen LogP contribution >= 0.6 is 0 Å². The maximum Gasteiger partial charge on any atom is 0.308 e. The molecule has 152 valence electrons. The molecule has 0 aliphatic carbocycles. The zero-order valence-electron chi connectivity index (χ0n) is 16.5. The minimum Gasteiger partial charge on any atom is -0.456 e. The molecular weight excluding hydrogens is 376 g/mol. The molecule has 0 saturated carbocycles. The molecule has 1 aromatic heterocycles. The first-order valence-corrected chi connectivity index (χ1v) is 9.16. The quantitative estimate of drug-likeness (QED) is 0.577. The molecule has 0 spiro atoms. The van der Waals surface area contributed by atoms with Crippen molar-refractivity contribution in [1.29, 1.82) is 0 Å². The SMILES string of the molecule is Cc1nn(C)c(C)c1NC(=O)COC(=O)CCN1C(=O)Cc2ccccc2C1=O. The summed E-state index contributed by atoms with van der Waals surface area (Å²) in [4.78, 5) is 49.7. The molecule has 2 aromatic rings. The lowest BCUT2D eigenvalue weighted by Gasteiger charge is -2.26. The molecule has 3 amide bonds. The number of esters is 1. The number of fused-ring (bicyclic) bond motifs is 1. The number of carbonyl (C=O) groups is 4. The monoisotopic (exact) mass is 398 g/mol. The number of benzene rings is 1. The zero-order chi connectivity index (χ0) is 21.1. The van der Waals surface area contributed by atoms with Crippen LogP contribution in [0.2, 0.25) is 0 Å². The predicted molar refractivity (Wildman–Crippen MR) is 103 cm³/mol. The number of hydrogen-bond donors (Lipinski definition) is 1. The second-order valence-electron chi connectivity index (χ2n) is 6.81. The maximum absolute atomic E-state index is 12.5. The van der Waals surface area contributed by atoms with E-state index >= 15 is 0 Å². The largest absolute Gasteiger partial charge is 0.456 e. The van der Waals surface area contributed by atoms with E-state index in [0.717, 1.165) is 10.6 Å². The summed E-state index contributed by atoms with van der Waals surface area (Å²) in [6, 6.07) is 6.89. The number of nitrogens with zero attached hydrogens (tertiary/aromatic N) is 3. The van der Waals surface area contributed by atoms with Crippen LogP contribution in [0.5, 0.6) is 0 Å². The molecule has 1 aromatic carbocycles. The molecule has 1 N–H and O–H groups in total. The van der Waals surface area contributed by atoms with Gasteiger partial charge in [-0.1, -0.05) is 18.2 Å². The highest BCUT2D eigenvalue weighted by Crippen LogP contribution is 2.20. The van der Waals surface area contributed by atoms with E-state index in [1.807, 2.05) is 6.92 Å². The molecule has 0 fully saturated rings. The third-order valence-electron chi connectivity index (χ3n) is 4.81. The first kappa shape index (κ1) is 20.2. The number of aromatic nitrogens is 2. The van der Waals surface area contributed by atoms with Crippen molar-refractivity contribution >= 4 is 29.4 Å². The molecule has 1 aliphatic heterocycles. The Kier molecular flexibility index (Phi) is 5.76. The summed E-state index contributed by atoms with van der Waals surface area (Å²) in [7, 11) is 1.76. The molecule has 0 unspecified atom stereocenters. The number of imide groups is 1. The Morgan fingerprint density at radius 3 is 2.62 bits per heavy atom. The predicted octanol–water partition coefficient (Wildman–Crippen LogP) is 1.13. The Labute approximate surface area is 167 Å². The fraction of sp³-hybridized carbons (Fsp3) is 0.350. The van der Waals surface area contributed by atoms with Crippen molar-refractivity contribution in [2.24, 2.45) is 7.05 Å². The van der Waals surface area contributed by atoms with E-state index in [-0.39, 0.29) is 25.3 Å². The molecule has 29 heavy (non-hydrogen) atoms. The van der Waals surface area contributed by atoms with Gasteiger partial charge in [0.15, 0.2) is 6.61 Å². The molecule has 0 radical (unpaired) electrons. The van der Waals surface area contributed by atoms with Crippen molar-refractivity contribution in [3.05, 3.63) is 46.8 Å². The van der Waals surface area contributed by atoms with E-state index in [1.54, 1.807) is 42.9 Å². The lowest BCUT2D eigenvalue weighted by molar-refractivity contribution is -0.147. The van der Waals surface area contributed by atoms with Crippen molar-refractivity contribution < 1.29 is 23.9 Å².